The highest BCUT2D eigenvalue weighted by Gasteiger charge is 2.28. The summed E-state index contributed by atoms with van der Waals surface area (Å²) in [7, 11) is -15.3. The molecule has 19 nitrogen and oxygen atoms in total. The first-order valence-corrected chi connectivity index (χ1v) is 19.9. The van der Waals surface area contributed by atoms with Crippen molar-refractivity contribution in [3.8, 4) is 11.5 Å². The summed E-state index contributed by atoms with van der Waals surface area (Å²) < 4.78 is 104. The maximum Gasteiger partial charge on any atom is 0.296 e. The molecule has 6 aromatic rings. The Bertz CT molecular complexity index is 2930. The first kappa shape index (κ1) is 39.0. The molecule has 0 heterocycles. The number of nitrogens with two attached hydrogens (primary N) is 1. The lowest BCUT2D eigenvalue weighted by Crippen LogP contribution is -2.04. The van der Waals surface area contributed by atoms with Crippen LogP contribution in [0, 0.1) is 0 Å². The highest BCUT2D eigenvalue weighted by Crippen LogP contribution is 2.48. The molecule has 8 N–H and O–H groups in total. The number of aromatic hydroxyl groups is 2. The fourth-order valence-corrected chi connectivity index (χ4v) is 7.10. The van der Waals surface area contributed by atoms with Crippen molar-refractivity contribution >= 4 is 92.3 Å². The second kappa shape index (κ2) is 15.2. The van der Waals surface area contributed by atoms with E-state index in [1.807, 2.05) is 0 Å². The largest absolute Gasteiger partial charge is 0.508 e. The van der Waals surface area contributed by atoms with Gasteiger partial charge in [-0.15, -0.1) is 10.2 Å². The minimum atomic E-state index is -5.20. The van der Waals surface area contributed by atoms with Gasteiger partial charge in [-0.05, 0) is 96.4 Å². The summed E-state index contributed by atoms with van der Waals surface area (Å²) in [6.45, 7) is 0. The molecular weight excluding hydrogens is 793 g/mol. The van der Waals surface area contributed by atoms with Crippen LogP contribution in [-0.4, -0.2) is 49.1 Å². The van der Waals surface area contributed by atoms with Crippen LogP contribution in [0.3, 0.4) is 0 Å². The molecule has 0 fully saturated rings. The average Bonchev–Trinajstić information content (AvgIpc) is 3.13. The predicted molar refractivity (Wildman–Crippen MR) is 203 cm³/mol. The zero-order chi connectivity index (χ0) is 40.4. The van der Waals surface area contributed by atoms with E-state index in [0.717, 1.165) is 12.1 Å². The minimum Gasteiger partial charge on any atom is -0.508 e. The van der Waals surface area contributed by atoms with Gasteiger partial charge in [0.05, 0.1) is 39.5 Å². The van der Waals surface area contributed by atoms with E-state index in [1.54, 1.807) is 54.6 Å². The molecule has 0 radical (unpaired) electrons. The fraction of sp³-hybridized carbons (Fsp3) is 0. The SMILES string of the molecule is Nc1c(N=Nc2ccc(Nc3ccc(N=Nc4ccc(O)cc4)cc3)c(S(=O)(=O)O)c2)c(S(=O)(=O)O)cc2cc(S(=O)(=O)O)c(N=Nc3ccccc3)c(O)c12. The molecule has 0 aliphatic heterocycles. The number of nitrogen functional groups attached to an aromatic ring is 1. The third kappa shape index (κ3) is 8.81. The Kier molecular flexibility index (Phi) is 10.6. The van der Waals surface area contributed by atoms with E-state index in [-0.39, 0.29) is 22.8 Å². The van der Waals surface area contributed by atoms with E-state index in [2.05, 4.69) is 36.0 Å². The molecule has 0 aliphatic carbocycles. The van der Waals surface area contributed by atoms with Crippen LogP contribution in [0.1, 0.15) is 0 Å². The van der Waals surface area contributed by atoms with E-state index >= 15 is 0 Å². The smallest absolute Gasteiger partial charge is 0.296 e. The topological polar surface area (TPSA) is 316 Å². The first-order valence-electron chi connectivity index (χ1n) is 15.5. The standard InChI is InChI=1S/C34H26N8O11S3/c35-31-30-19(17-29(56(51,52)53)33(34(30)44)42-39-21-4-2-1-3-5-21)16-28(55(48,49)50)32(31)41-40-24-12-15-26(27(18-24)54(45,46)47)36-20-6-8-22(9-7-20)37-38-23-10-13-25(43)14-11-23/h1-18,36,43-44H,35H2,(H,45,46,47)(H,48,49,50)(H,51,52,53). The number of azo groups is 3. The number of nitrogens with zero attached hydrogens (tertiary/aromatic N) is 6. The molecule has 286 valence electrons. The van der Waals surface area contributed by atoms with Gasteiger partial charge in [0.15, 0.2) is 5.75 Å². The molecule has 0 atom stereocenters. The van der Waals surface area contributed by atoms with Gasteiger partial charge in [0.2, 0.25) is 0 Å². The highest BCUT2D eigenvalue weighted by molar-refractivity contribution is 7.86. The summed E-state index contributed by atoms with van der Waals surface area (Å²) in [5.41, 5.74) is 5.20. The summed E-state index contributed by atoms with van der Waals surface area (Å²) in [6, 6.07) is 24.9. The van der Waals surface area contributed by atoms with Crippen molar-refractivity contribution in [1.29, 1.82) is 0 Å². The van der Waals surface area contributed by atoms with Gasteiger partial charge in [-0.2, -0.15) is 45.7 Å². The second-order valence-electron chi connectivity index (χ2n) is 11.5. The van der Waals surface area contributed by atoms with Gasteiger partial charge in [0.25, 0.3) is 30.4 Å². The van der Waals surface area contributed by atoms with Crippen LogP contribution in [-0.2, 0) is 30.4 Å². The number of fused-ring (bicyclic) bond motifs is 1. The van der Waals surface area contributed by atoms with Crippen molar-refractivity contribution in [2.45, 2.75) is 14.7 Å². The van der Waals surface area contributed by atoms with Crippen LogP contribution >= 0.6 is 0 Å². The average molecular weight is 819 g/mol. The maximum absolute atomic E-state index is 12.5. The van der Waals surface area contributed by atoms with Crippen molar-refractivity contribution in [2.75, 3.05) is 11.1 Å². The van der Waals surface area contributed by atoms with Gasteiger partial charge in [0, 0.05) is 5.69 Å². The van der Waals surface area contributed by atoms with Gasteiger partial charge >= 0.3 is 0 Å². The van der Waals surface area contributed by atoms with Crippen molar-refractivity contribution in [3.05, 3.63) is 109 Å². The highest BCUT2D eigenvalue weighted by atomic mass is 32.2. The number of phenols is 2. The zero-order valence-electron chi connectivity index (χ0n) is 28.1. The maximum atomic E-state index is 12.5. The van der Waals surface area contributed by atoms with Crippen molar-refractivity contribution in [2.24, 2.45) is 30.7 Å². The lowest BCUT2D eigenvalue weighted by molar-refractivity contribution is 0.472. The molecule has 0 unspecified atom stereocenters. The molecule has 22 heteroatoms. The van der Waals surface area contributed by atoms with Gasteiger partial charge < -0.3 is 21.3 Å². The normalized spacial score (nSPS) is 12.6. The first-order chi connectivity index (χ1) is 26.4. The number of phenolic OH excluding ortho intramolecular Hbond substituents is 2. The minimum absolute atomic E-state index is 0.0703. The zero-order valence-corrected chi connectivity index (χ0v) is 30.5. The number of rotatable bonds is 11. The molecule has 0 amide bonds. The van der Waals surface area contributed by atoms with Crippen LogP contribution in [0.2, 0.25) is 0 Å². The van der Waals surface area contributed by atoms with E-state index in [1.165, 1.54) is 36.4 Å². The molecule has 56 heavy (non-hydrogen) atoms. The molecule has 0 aromatic heterocycles. The molecule has 6 aromatic carbocycles. The van der Waals surface area contributed by atoms with Gasteiger partial charge in [0.1, 0.15) is 31.8 Å². The molecule has 0 saturated heterocycles. The summed E-state index contributed by atoms with van der Waals surface area (Å²) in [4.78, 5) is -2.66. The summed E-state index contributed by atoms with van der Waals surface area (Å²) in [5.74, 6) is -0.899. The number of hydrogen-bond acceptors (Lipinski definition) is 16. The lowest BCUT2D eigenvalue weighted by Gasteiger charge is -2.14. The van der Waals surface area contributed by atoms with E-state index in [4.69, 9.17) is 5.73 Å². The molecule has 0 bridgehead atoms. The third-order valence-corrected chi connectivity index (χ3v) is 10.3. The number of anilines is 3. The second-order valence-corrected chi connectivity index (χ2v) is 15.7. The quantitative estimate of drug-likeness (QED) is 0.0366. The summed E-state index contributed by atoms with van der Waals surface area (Å²) in [5, 5.41) is 46.1. The molecular formula is C34H26N8O11S3. The summed E-state index contributed by atoms with van der Waals surface area (Å²) >= 11 is 0. The number of benzene rings is 6. The number of nitrogens with one attached hydrogen (secondary N) is 1. The van der Waals surface area contributed by atoms with Gasteiger partial charge in [-0.1, -0.05) is 18.2 Å². The molecule has 0 saturated carbocycles. The van der Waals surface area contributed by atoms with Crippen LogP contribution in [0.5, 0.6) is 11.5 Å². The van der Waals surface area contributed by atoms with Crippen LogP contribution in [0.25, 0.3) is 10.8 Å². The van der Waals surface area contributed by atoms with Gasteiger partial charge in [-0.3, -0.25) is 13.7 Å². The molecule has 6 rings (SSSR count). The predicted octanol–water partition coefficient (Wildman–Crippen LogP) is 8.56. The Morgan fingerprint density at radius 2 is 0.964 bits per heavy atom. The fourth-order valence-electron chi connectivity index (χ4n) is 5.11. The van der Waals surface area contributed by atoms with E-state index < -0.39 is 78.6 Å². The van der Waals surface area contributed by atoms with Crippen LogP contribution in [0.15, 0.2) is 155 Å². The van der Waals surface area contributed by atoms with E-state index in [9.17, 15) is 49.1 Å². The molecule has 0 spiro atoms. The Balaban J connectivity index is 1.38. The third-order valence-electron chi connectivity index (χ3n) is 7.68. The van der Waals surface area contributed by atoms with Crippen molar-refractivity contribution in [3.63, 3.8) is 0 Å². The van der Waals surface area contributed by atoms with Crippen LogP contribution in [0.4, 0.5) is 51.2 Å². The Morgan fingerprint density at radius 1 is 0.500 bits per heavy atom. The Morgan fingerprint density at radius 3 is 1.54 bits per heavy atom. The Hall–Kier alpha value is -6.69. The Labute approximate surface area is 317 Å². The van der Waals surface area contributed by atoms with Crippen LogP contribution < -0.4 is 11.1 Å². The lowest BCUT2D eigenvalue weighted by atomic mass is 10.1. The molecule has 0 aliphatic rings. The van der Waals surface area contributed by atoms with Crippen molar-refractivity contribution < 1.29 is 49.1 Å². The number of hydrogen-bond donors (Lipinski definition) is 7. The van der Waals surface area contributed by atoms with Gasteiger partial charge in [-0.25, -0.2) is 0 Å². The van der Waals surface area contributed by atoms with Crippen molar-refractivity contribution in [1.82, 2.24) is 0 Å². The van der Waals surface area contributed by atoms with E-state index in [0.29, 0.717) is 23.1 Å². The summed E-state index contributed by atoms with van der Waals surface area (Å²) in [6.07, 6.45) is 0. The monoisotopic (exact) mass is 818 g/mol.